The fourth-order valence-corrected chi connectivity index (χ4v) is 3.97. The third-order valence-corrected chi connectivity index (χ3v) is 4.85. The number of hydrogen-bond donors (Lipinski definition) is 1. The van der Waals surface area contributed by atoms with Gasteiger partial charge in [-0.2, -0.15) is 0 Å². The summed E-state index contributed by atoms with van der Waals surface area (Å²) in [6.45, 7) is 2.89. The van der Waals surface area contributed by atoms with E-state index in [2.05, 4.69) is 17.2 Å². The Balaban J connectivity index is 1.84. The summed E-state index contributed by atoms with van der Waals surface area (Å²) < 4.78 is 25.0. The molecule has 2 atom stereocenters. The van der Waals surface area contributed by atoms with Gasteiger partial charge in [-0.1, -0.05) is 0 Å². The molecule has 1 fully saturated rings. The highest BCUT2D eigenvalue weighted by atomic mass is 32.2. The van der Waals surface area contributed by atoms with Gasteiger partial charge in [-0.05, 0) is 19.8 Å². The van der Waals surface area contributed by atoms with E-state index in [1.54, 1.807) is 12.5 Å². The van der Waals surface area contributed by atoms with Crippen molar-refractivity contribution < 1.29 is 8.42 Å². The first-order chi connectivity index (χ1) is 8.05. The van der Waals surface area contributed by atoms with Gasteiger partial charge in [-0.25, -0.2) is 13.4 Å². The normalized spacial score (nSPS) is 25.6. The molecule has 0 spiro atoms. The minimum absolute atomic E-state index is 0.104. The fourth-order valence-electron chi connectivity index (χ4n) is 2.32. The van der Waals surface area contributed by atoms with Gasteiger partial charge < -0.3 is 9.88 Å². The van der Waals surface area contributed by atoms with Crippen LogP contribution < -0.4 is 5.32 Å². The summed E-state index contributed by atoms with van der Waals surface area (Å²) in [5.74, 6) is 0.627. The quantitative estimate of drug-likeness (QED) is 0.850. The zero-order valence-corrected chi connectivity index (χ0v) is 10.9. The van der Waals surface area contributed by atoms with Gasteiger partial charge in [-0.15, -0.1) is 0 Å². The Morgan fingerprint density at radius 2 is 2.41 bits per heavy atom. The van der Waals surface area contributed by atoms with Gasteiger partial charge >= 0.3 is 0 Å². The molecule has 5 nitrogen and oxygen atoms in total. The molecule has 2 unspecified atom stereocenters. The summed E-state index contributed by atoms with van der Waals surface area (Å²) >= 11 is 0. The maximum Gasteiger partial charge on any atom is 0.151 e. The van der Waals surface area contributed by atoms with Crippen LogP contribution >= 0.6 is 0 Å². The summed E-state index contributed by atoms with van der Waals surface area (Å²) in [7, 11) is -2.82. The van der Waals surface area contributed by atoms with Crippen molar-refractivity contribution >= 4 is 9.84 Å². The molecule has 1 aliphatic rings. The third kappa shape index (κ3) is 3.81. The van der Waals surface area contributed by atoms with Gasteiger partial charge in [0.25, 0.3) is 0 Å². The van der Waals surface area contributed by atoms with E-state index in [0.717, 1.165) is 19.4 Å². The van der Waals surface area contributed by atoms with E-state index in [1.165, 1.54) is 0 Å². The lowest BCUT2D eigenvalue weighted by atomic mass is 10.1. The summed E-state index contributed by atoms with van der Waals surface area (Å²) in [4.78, 5) is 3.98. The minimum Gasteiger partial charge on any atom is -0.336 e. The van der Waals surface area contributed by atoms with Crippen LogP contribution in [0.4, 0.5) is 0 Å². The fraction of sp³-hybridized carbons (Fsp3) is 0.727. The predicted molar refractivity (Wildman–Crippen MR) is 66.5 cm³/mol. The highest BCUT2D eigenvalue weighted by Gasteiger charge is 2.25. The molecule has 1 saturated heterocycles. The Morgan fingerprint density at radius 3 is 3.06 bits per heavy atom. The second kappa shape index (κ2) is 5.18. The molecule has 1 N–H and O–H groups in total. The molecule has 0 radical (unpaired) electrons. The Labute approximate surface area is 102 Å². The first-order valence-corrected chi connectivity index (χ1v) is 7.79. The average molecular weight is 257 g/mol. The van der Waals surface area contributed by atoms with Gasteiger partial charge in [0.2, 0.25) is 0 Å². The first-order valence-electron chi connectivity index (χ1n) is 5.97. The molecular weight excluding hydrogens is 238 g/mol. The summed E-state index contributed by atoms with van der Waals surface area (Å²) in [5, 5.41) is 3.38. The topological polar surface area (TPSA) is 64.0 Å². The second-order valence-electron chi connectivity index (χ2n) is 4.78. The van der Waals surface area contributed by atoms with E-state index in [1.807, 2.05) is 10.8 Å². The summed E-state index contributed by atoms with van der Waals surface area (Å²) in [6, 6.07) is 0.356. The zero-order chi connectivity index (χ0) is 12.3. The lowest BCUT2D eigenvalue weighted by molar-refractivity contribution is 0.398. The molecule has 6 heteroatoms. The van der Waals surface area contributed by atoms with Crippen LogP contribution in [-0.2, 0) is 16.4 Å². The maximum atomic E-state index is 11.5. The predicted octanol–water partition coefficient (Wildman–Crippen LogP) is 0.438. The van der Waals surface area contributed by atoms with Crippen molar-refractivity contribution in [3.8, 4) is 0 Å². The lowest BCUT2D eigenvalue weighted by Crippen LogP contribution is -2.45. The van der Waals surface area contributed by atoms with Crippen LogP contribution in [0.25, 0.3) is 0 Å². The number of aromatic nitrogens is 2. The Hall–Kier alpha value is -0.880. The highest BCUT2D eigenvalue weighted by molar-refractivity contribution is 7.91. The third-order valence-electron chi connectivity index (χ3n) is 3.03. The van der Waals surface area contributed by atoms with Crippen molar-refractivity contribution in [2.24, 2.45) is 0 Å². The molecule has 0 aliphatic carbocycles. The van der Waals surface area contributed by atoms with Crippen LogP contribution in [0.2, 0.25) is 0 Å². The molecule has 1 aromatic heterocycles. The molecule has 2 rings (SSSR count). The van der Waals surface area contributed by atoms with Crippen molar-refractivity contribution in [2.75, 3.05) is 11.5 Å². The number of hydrogen-bond acceptors (Lipinski definition) is 4. The number of sulfone groups is 1. The van der Waals surface area contributed by atoms with E-state index in [9.17, 15) is 8.42 Å². The van der Waals surface area contributed by atoms with E-state index in [-0.39, 0.29) is 17.8 Å². The van der Waals surface area contributed by atoms with Crippen LogP contribution in [0, 0.1) is 0 Å². The monoisotopic (exact) mass is 257 g/mol. The molecule has 96 valence electrons. The summed E-state index contributed by atoms with van der Waals surface area (Å²) in [5.41, 5.74) is 0. The van der Waals surface area contributed by atoms with Crippen LogP contribution in [0.15, 0.2) is 18.7 Å². The highest BCUT2D eigenvalue weighted by Crippen LogP contribution is 2.12. The van der Waals surface area contributed by atoms with E-state index >= 15 is 0 Å². The number of imidazole rings is 1. The minimum atomic E-state index is -2.82. The molecule has 0 aromatic carbocycles. The Kier molecular flexibility index (Phi) is 3.83. The second-order valence-corrected chi connectivity index (χ2v) is 7.01. The van der Waals surface area contributed by atoms with Crippen molar-refractivity contribution in [1.29, 1.82) is 0 Å². The number of rotatable bonds is 4. The number of nitrogens with zero attached hydrogens (tertiary/aromatic N) is 2. The Morgan fingerprint density at radius 1 is 1.59 bits per heavy atom. The van der Waals surface area contributed by atoms with Gasteiger partial charge in [0.15, 0.2) is 9.84 Å². The largest absolute Gasteiger partial charge is 0.336 e. The van der Waals surface area contributed by atoms with Crippen LogP contribution in [0.3, 0.4) is 0 Å². The SMILES string of the molecule is CC(Cn1ccnc1)NC1CCCS(=O)(=O)C1. The molecule has 0 amide bonds. The molecule has 0 bridgehead atoms. The van der Waals surface area contributed by atoms with Crippen molar-refractivity contribution in [1.82, 2.24) is 14.9 Å². The molecule has 17 heavy (non-hydrogen) atoms. The van der Waals surface area contributed by atoms with Crippen LogP contribution in [-0.4, -0.2) is 41.6 Å². The smallest absolute Gasteiger partial charge is 0.151 e. The van der Waals surface area contributed by atoms with Gasteiger partial charge in [0, 0.05) is 31.0 Å². The van der Waals surface area contributed by atoms with Gasteiger partial charge in [0.05, 0.1) is 17.8 Å². The van der Waals surface area contributed by atoms with Crippen molar-refractivity contribution in [2.45, 2.75) is 38.4 Å². The summed E-state index contributed by atoms with van der Waals surface area (Å²) in [6.07, 6.45) is 7.16. The maximum absolute atomic E-state index is 11.5. The molecule has 1 aliphatic heterocycles. The van der Waals surface area contributed by atoms with E-state index in [0.29, 0.717) is 5.75 Å². The average Bonchev–Trinajstić information content (AvgIpc) is 2.68. The van der Waals surface area contributed by atoms with Crippen LogP contribution in [0.1, 0.15) is 19.8 Å². The van der Waals surface area contributed by atoms with Crippen molar-refractivity contribution in [3.63, 3.8) is 0 Å². The lowest BCUT2D eigenvalue weighted by Gasteiger charge is -2.26. The first kappa shape index (κ1) is 12.6. The van der Waals surface area contributed by atoms with E-state index < -0.39 is 9.84 Å². The number of nitrogens with one attached hydrogen (secondary N) is 1. The standard InChI is InChI=1S/C11H19N3O2S/c1-10(7-14-5-4-12-9-14)13-11-3-2-6-17(15,16)8-11/h4-5,9-11,13H,2-3,6-8H2,1H3. The van der Waals surface area contributed by atoms with E-state index in [4.69, 9.17) is 0 Å². The Bertz CT molecular complexity index is 441. The molecule has 2 heterocycles. The van der Waals surface area contributed by atoms with Crippen LogP contribution in [0.5, 0.6) is 0 Å². The zero-order valence-electron chi connectivity index (χ0n) is 10.0. The molecular formula is C11H19N3O2S. The van der Waals surface area contributed by atoms with Crippen molar-refractivity contribution in [3.05, 3.63) is 18.7 Å². The van der Waals surface area contributed by atoms with Gasteiger partial charge in [0.1, 0.15) is 0 Å². The molecule has 0 saturated carbocycles. The molecule has 1 aromatic rings. The van der Waals surface area contributed by atoms with Gasteiger partial charge in [-0.3, -0.25) is 0 Å².